The Labute approximate surface area is 462 Å². The van der Waals surface area contributed by atoms with Crippen LogP contribution in [0.25, 0.3) is 83.6 Å². The maximum Gasteiger partial charge on any atom is 0.160 e. The van der Waals surface area contributed by atoms with E-state index in [0.717, 1.165) is 90.1 Å². The minimum atomic E-state index is 0.716. The van der Waals surface area contributed by atoms with E-state index in [1.807, 2.05) is 0 Å². The predicted octanol–water partition coefficient (Wildman–Crippen LogP) is 20.1. The van der Waals surface area contributed by atoms with E-state index in [0.29, 0.717) is 5.82 Å². The molecule has 0 bridgehead atoms. The molecule has 11 aromatic carbocycles. The second-order valence-electron chi connectivity index (χ2n) is 20.6. The average molecular weight is 1020 g/mol. The lowest BCUT2D eigenvalue weighted by molar-refractivity contribution is 1.14. The summed E-state index contributed by atoms with van der Waals surface area (Å²) in [6.07, 6.45) is 0. The molecule has 0 fully saturated rings. The van der Waals surface area contributed by atoms with Crippen LogP contribution in [0.5, 0.6) is 0 Å². The van der Waals surface area contributed by atoms with Crippen molar-refractivity contribution in [3.8, 4) is 61.8 Å². The van der Waals surface area contributed by atoms with Crippen LogP contribution in [0.2, 0.25) is 0 Å². The Bertz CT molecular complexity index is 4000. The summed E-state index contributed by atoms with van der Waals surface area (Å²) in [5.74, 6) is 0.716. The number of nitrogens with zero attached hydrogens (tertiary/aromatic N) is 5. The van der Waals surface area contributed by atoms with E-state index >= 15 is 0 Å². The number of anilines is 6. The van der Waals surface area contributed by atoms with Gasteiger partial charge in [0, 0.05) is 67.3 Å². The Hall–Kier alpha value is -10.1. The molecule has 13 aromatic rings. The van der Waals surface area contributed by atoms with E-state index in [-0.39, 0.29) is 0 Å². The zero-order valence-electron chi connectivity index (χ0n) is 44.7. The summed E-state index contributed by atoms with van der Waals surface area (Å²) in [6, 6.07) is 98.1. The lowest BCUT2D eigenvalue weighted by atomic mass is 9.95. The molecule has 5 nitrogen and oxygen atoms in total. The van der Waals surface area contributed by atoms with E-state index in [4.69, 9.17) is 9.97 Å². The van der Waals surface area contributed by atoms with E-state index in [1.54, 1.807) is 0 Å². The van der Waals surface area contributed by atoms with Gasteiger partial charge in [0.25, 0.3) is 0 Å². The second-order valence-corrected chi connectivity index (χ2v) is 20.6. The minimum Gasteiger partial charge on any atom is -0.310 e. The molecule has 0 saturated carbocycles. The molecule has 0 saturated heterocycles. The molecule has 0 atom stereocenters. The molecule has 5 heteroatoms. The summed E-state index contributed by atoms with van der Waals surface area (Å²) in [5, 5.41) is 2.35. The fraction of sp³-hybridized carbons (Fsp3) is 0.0541. The Balaban J connectivity index is 0.865. The molecule has 0 amide bonds. The quantitative estimate of drug-likeness (QED) is 0.122. The van der Waals surface area contributed by atoms with Gasteiger partial charge in [0.15, 0.2) is 5.82 Å². The predicted molar refractivity (Wildman–Crippen MR) is 332 cm³/mol. The third-order valence-corrected chi connectivity index (χ3v) is 15.2. The zero-order valence-corrected chi connectivity index (χ0v) is 44.7. The average Bonchev–Trinajstić information content (AvgIpc) is 4.00. The van der Waals surface area contributed by atoms with E-state index in [9.17, 15) is 0 Å². The molecule has 378 valence electrons. The first kappa shape index (κ1) is 48.5. The molecule has 0 aliphatic carbocycles. The molecule has 13 rings (SSSR count). The van der Waals surface area contributed by atoms with Crippen LogP contribution in [0.4, 0.5) is 34.1 Å². The number of hydrogen-bond acceptors (Lipinski definition) is 4. The van der Waals surface area contributed by atoms with Crippen LogP contribution < -0.4 is 9.80 Å². The van der Waals surface area contributed by atoms with Crippen molar-refractivity contribution in [3.63, 3.8) is 0 Å². The van der Waals surface area contributed by atoms with Crippen molar-refractivity contribution in [2.45, 2.75) is 27.7 Å². The molecule has 0 radical (unpaired) electrons. The van der Waals surface area contributed by atoms with Gasteiger partial charge in [0.1, 0.15) is 0 Å². The summed E-state index contributed by atoms with van der Waals surface area (Å²) in [6.45, 7) is 8.70. The van der Waals surface area contributed by atoms with Crippen LogP contribution in [-0.4, -0.2) is 14.5 Å². The first-order valence-electron chi connectivity index (χ1n) is 27.0. The lowest BCUT2D eigenvalue weighted by Gasteiger charge is -2.26. The van der Waals surface area contributed by atoms with Crippen molar-refractivity contribution in [1.29, 1.82) is 0 Å². The van der Waals surface area contributed by atoms with Crippen molar-refractivity contribution < 1.29 is 0 Å². The van der Waals surface area contributed by atoms with Gasteiger partial charge >= 0.3 is 0 Å². The van der Waals surface area contributed by atoms with Gasteiger partial charge in [-0.15, -0.1) is 0 Å². The first-order valence-corrected chi connectivity index (χ1v) is 27.0. The third-order valence-electron chi connectivity index (χ3n) is 15.2. The van der Waals surface area contributed by atoms with E-state index < -0.39 is 0 Å². The number of aromatic nitrogens is 3. The molecular formula is C74H57N5. The molecule has 2 aromatic heterocycles. The molecule has 0 unspecified atom stereocenters. The Kier molecular flexibility index (Phi) is 12.8. The molecule has 0 spiro atoms. The van der Waals surface area contributed by atoms with Gasteiger partial charge < -0.3 is 14.4 Å². The highest BCUT2D eigenvalue weighted by molar-refractivity contribution is 6.12. The highest BCUT2D eigenvalue weighted by atomic mass is 15.1. The standard InChI is InChI=1S/C74H57N5/c1-50-25-29-57(30-26-50)69-49-70(76-74(75-69)59-31-27-51(2)28-32-59)58-39-35-55(36-40-58)54-33-37-56(38-34-54)66-45-53(4)73(46-52(66)3)79-71-43-41-64(77(60-17-9-5-10-18-60)61-19-11-6-12-20-61)47-67(71)68-48-65(42-44-72(68)79)78(62-21-13-7-14-22-62)63-23-15-8-16-24-63/h5-49H,1-4H3. The highest BCUT2D eigenvalue weighted by Crippen LogP contribution is 2.44. The Morgan fingerprint density at radius 2 is 0.658 bits per heavy atom. The molecular weight excluding hydrogens is 959 g/mol. The van der Waals surface area contributed by atoms with Crippen molar-refractivity contribution in [2.24, 2.45) is 0 Å². The number of fused-ring (bicyclic) bond motifs is 3. The van der Waals surface area contributed by atoms with Gasteiger partial charge in [0.2, 0.25) is 0 Å². The minimum absolute atomic E-state index is 0.716. The van der Waals surface area contributed by atoms with Gasteiger partial charge in [-0.1, -0.05) is 181 Å². The van der Waals surface area contributed by atoms with Crippen molar-refractivity contribution >= 4 is 55.9 Å². The van der Waals surface area contributed by atoms with Gasteiger partial charge in [-0.3, -0.25) is 0 Å². The smallest absolute Gasteiger partial charge is 0.160 e. The van der Waals surface area contributed by atoms with E-state index in [2.05, 4.69) is 315 Å². The second kappa shape index (κ2) is 20.8. The van der Waals surface area contributed by atoms with Crippen LogP contribution in [0.1, 0.15) is 22.3 Å². The zero-order chi connectivity index (χ0) is 53.4. The van der Waals surface area contributed by atoms with E-state index in [1.165, 1.54) is 44.2 Å². The lowest BCUT2D eigenvalue weighted by Crippen LogP contribution is -2.09. The third kappa shape index (κ3) is 9.53. The molecule has 0 aliphatic heterocycles. The summed E-state index contributed by atoms with van der Waals surface area (Å²) in [5.41, 5.74) is 24.5. The Morgan fingerprint density at radius 3 is 1.08 bits per heavy atom. The van der Waals surface area contributed by atoms with Crippen LogP contribution in [0.15, 0.2) is 273 Å². The van der Waals surface area contributed by atoms with Gasteiger partial charge in [0.05, 0.1) is 22.4 Å². The summed E-state index contributed by atoms with van der Waals surface area (Å²) < 4.78 is 2.47. The maximum absolute atomic E-state index is 5.11. The van der Waals surface area contributed by atoms with Crippen molar-refractivity contribution in [3.05, 3.63) is 295 Å². The fourth-order valence-electron chi connectivity index (χ4n) is 11.1. The normalized spacial score (nSPS) is 11.3. The molecule has 0 aliphatic rings. The van der Waals surface area contributed by atoms with Gasteiger partial charge in [-0.2, -0.15) is 0 Å². The van der Waals surface area contributed by atoms with Crippen molar-refractivity contribution in [2.75, 3.05) is 9.80 Å². The van der Waals surface area contributed by atoms with Gasteiger partial charge in [-0.25, -0.2) is 9.97 Å². The van der Waals surface area contributed by atoms with Crippen LogP contribution in [0.3, 0.4) is 0 Å². The topological polar surface area (TPSA) is 37.2 Å². The fourth-order valence-corrected chi connectivity index (χ4v) is 11.1. The first-order chi connectivity index (χ1) is 38.8. The molecule has 2 heterocycles. The van der Waals surface area contributed by atoms with Gasteiger partial charge in [-0.05, 0) is 164 Å². The maximum atomic E-state index is 5.11. The van der Waals surface area contributed by atoms with Crippen LogP contribution in [0, 0.1) is 27.7 Å². The number of benzene rings is 11. The summed E-state index contributed by atoms with van der Waals surface area (Å²) in [4.78, 5) is 14.8. The summed E-state index contributed by atoms with van der Waals surface area (Å²) in [7, 11) is 0. The van der Waals surface area contributed by atoms with Crippen molar-refractivity contribution in [1.82, 2.24) is 14.5 Å². The highest BCUT2D eigenvalue weighted by Gasteiger charge is 2.22. The largest absolute Gasteiger partial charge is 0.310 e. The molecule has 0 N–H and O–H groups in total. The van der Waals surface area contributed by atoms with Crippen LogP contribution >= 0.6 is 0 Å². The number of aryl methyl sites for hydroxylation is 4. The SMILES string of the molecule is Cc1ccc(-c2cc(-c3ccc(-c4ccc(-c5cc(C)c(-n6c7ccc(N(c8ccccc8)c8ccccc8)cc7c7cc(N(c8ccccc8)c8ccccc8)ccc76)cc5C)cc4)cc3)nc(-c3ccc(C)cc3)n2)cc1. The monoisotopic (exact) mass is 1020 g/mol. The summed E-state index contributed by atoms with van der Waals surface area (Å²) >= 11 is 0. The molecule has 79 heavy (non-hydrogen) atoms. The number of hydrogen-bond donors (Lipinski definition) is 0. The Morgan fingerprint density at radius 1 is 0.291 bits per heavy atom. The van der Waals surface area contributed by atoms with Crippen LogP contribution in [-0.2, 0) is 0 Å². The number of rotatable bonds is 12. The number of para-hydroxylation sites is 4.